The molecule has 114 valence electrons. The van der Waals surface area contributed by atoms with E-state index in [1.54, 1.807) is 0 Å². The Balaban J connectivity index is 2.25. The van der Waals surface area contributed by atoms with Crippen LogP contribution in [0.2, 0.25) is 0 Å². The molecule has 0 saturated heterocycles. The molecule has 0 saturated carbocycles. The van der Waals surface area contributed by atoms with Crippen LogP contribution in [0.15, 0.2) is 6.20 Å². The Morgan fingerprint density at radius 3 is 2.70 bits per heavy atom. The first kappa shape index (κ1) is 16.6. The average molecular weight is 281 g/mol. The smallest absolute Gasteiger partial charge is 0.222 e. The van der Waals surface area contributed by atoms with Gasteiger partial charge in [-0.05, 0) is 27.2 Å². The fourth-order valence-electron chi connectivity index (χ4n) is 1.54. The summed E-state index contributed by atoms with van der Waals surface area (Å²) in [6.07, 6.45) is 2.80. The van der Waals surface area contributed by atoms with Crippen LogP contribution >= 0.6 is 0 Å². The van der Waals surface area contributed by atoms with Gasteiger partial charge >= 0.3 is 0 Å². The molecule has 0 atom stereocenters. The van der Waals surface area contributed by atoms with Crippen LogP contribution in [0.3, 0.4) is 0 Å². The first-order valence-corrected chi connectivity index (χ1v) is 7.19. The third-order valence-corrected chi connectivity index (χ3v) is 2.77. The summed E-state index contributed by atoms with van der Waals surface area (Å²) in [6.45, 7) is 12.3. The van der Waals surface area contributed by atoms with Gasteiger partial charge in [0.05, 0.1) is 5.69 Å². The first-order valence-electron chi connectivity index (χ1n) is 7.19. The van der Waals surface area contributed by atoms with Crippen LogP contribution < -0.4 is 10.6 Å². The van der Waals surface area contributed by atoms with Crippen molar-refractivity contribution in [2.75, 3.05) is 6.54 Å². The lowest BCUT2D eigenvalue weighted by molar-refractivity contribution is -0.123. The van der Waals surface area contributed by atoms with Crippen molar-refractivity contribution < 1.29 is 4.79 Å². The Bertz CT molecular complexity index is 419. The van der Waals surface area contributed by atoms with E-state index < -0.39 is 0 Å². The molecule has 0 radical (unpaired) electrons. The number of hydrogen-bond donors (Lipinski definition) is 2. The van der Waals surface area contributed by atoms with Crippen molar-refractivity contribution in [3.05, 3.63) is 11.9 Å². The maximum atomic E-state index is 11.4. The fourth-order valence-corrected chi connectivity index (χ4v) is 1.54. The predicted octanol–water partition coefficient (Wildman–Crippen LogP) is 1.33. The van der Waals surface area contributed by atoms with Gasteiger partial charge in [-0.2, -0.15) is 0 Å². The highest BCUT2D eigenvalue weighted by atomic mass is 16.1. The number of hydrogen-bond acceptors (Lipinski definition) is 4. The lowest BCUT2D eigenvalue weighted by Crippen LogP contribution is -2.35. The van der Waals surface area contributed by atoms with E-state index in [2.05, 4.69) is 41.7 Å². The van der Waals surface area contributed by atoms with Gasteiger partial charge in [0.2, 0.25) is 5.91 Å². The van der Waals surface area contributed by atoms with Crippen molar-refractivity contribution >= 4 is 5.91 Å². The number of nitrogens with one attached hydrogen (secondary N) is 2. The summed E-state index contributed by atoms with van der Waals surface area (Å²) in [7, 11) is 0. The van der Waals surface area contributed by atoms with Gasteiger partial charge in [0.15, 0.2) is 0 Å². The summed E-state index contributed by atoms with van der Waals surface area (Å²) < 4.78 is 1.82. The van der Waals surface area contributed by atoms with Gasteiger partial charge in [-0.25, -0.2) is 0 Å². The van der Waals surface area contributed by atoms with E-state index in [0.29, 0.717) is 13.1 Å². The Labute approximate surface area is 121 Å². The Hall–Kier alpha value is -1.43. The molecule has 0 aliphatic rings. The molecule has 6 heteroatoms. The van der Waals surface area contributed by atoms with E-state index in [4.69, 9.17) is 0 Å². The zero-order valence-corrected chi connectivity index (χ0v) is 13.2. The molecule has 0 bridgehead atoms. The minimum absolute atomic E-state index is 0.0384. The van der Waals surface area contributed by atoms with Crippen LogP contribution in [-0.2, 0) is 17.9 Å². The molecule has 20 heavy (non-hydrogen) atoms. The number of carbonyl (C=O) groups is 1. The second-order valence-electron chi connectivity index (χ2n) is 6.38. The molecular weight excluding hydrogens is 254 g/mol. The third kappa shape index (κ3) is 6.65. The second kappa shape index (κ2) is 7.38. The topological polar surface area (TPSA) is 71.8 Å². The minimum atomic E-state index is 0.0384. The van der Waals surface area contributed by atoms with Crippen LogP contribution in [0.4, 0.5) is 0 Å². The predicted molar refractivity (Wildman–Crippen MR) is 79.1 cm³/mol. The van der Waals surface area contributed by atoms with E-state index in [0.717, 1.165) is 18.7 Å². The third-order valence-electron chi connectivity index (χ3n) is 2.77. The van der Waals surface area contributed by atoms with Crippen molar-refractivity contribution in [1.82, 2.24) is 25.6 Å². The van der Waals surface area contributed by atoms with E-state index in [1.807, 2.05) is 24.7 Å². The van der Waals surface area contributed by atoms with Crippen molar-refractivity contribution in [1.29, 1.82) is 0 Å². The zero-order chi connectivity index (χ0) is 15.2. The lowest BCUT2D eigenvalue weighted by Gasteiger charge is -2.19. The SMILES string of the molecule is CC(C)C(=O)NCCCn1cc(CNC(C)(C)C)nn1. The average Bonchev–Trinajstić information content (AvgIpc) is 2.79. The van der Waals surface area contributed by atoms with Crippen molar-refractivity contribution in [3.8, 4) is 0 Å². The maximum absolute atomic E-state index is 11.4. The number of aromatic nitrogens is 3. The molecule has 1 amide bonds. The Morgan fingerprint density at radius 1 is 1.40 bits per heavy atom. The van der Waals surface area contributed by atoms with Gasteiger partial charge < -0.3 is 10.6 Å². The number of rotatable bonds is 7. The summed E-state index contributed by atoms with van der Waals surface area (Å²) in [5, 5.41) is 14.5. The molecule has 0 aliphatic carbocycles. The monoisotopic (exact) mass is 281 g/mol. The highest BCUT2D eigenvalue weighted by Gasteiger charge is 2.10. The molecule has 6 nitrogen and oxygen atoms in total. The number of amides is 1. The summed E-state index contributed by atoms with van der Waals surface area (Å²) in [5.74, 6) is 0.134. The Kier molecular flexibility index (Phi) is 6.13. The normalized spacial score (nSPS) is 11.9. The van der Waals surface area contributed by atoms with Crippen molar-refractivity contribution in [2.24, 2.45) is 5.92 Å². The molecule has 0 spiro atoms. The molecule has 1 rings (SSSR count). The largest absolute Gasteiger partial charge is 0.356 e. The van der Waals surface area contributed by atoms with Crippen molar-refractivity contribution in [3.63, 3.8) is 0 Å². The first-order chi connectivity index (χ1) is 9.28. The molecule has 2 N–H and O–H groups in total. The van der Waals surface area contributed by atoms with Gasteiger partial charge in [0.25, 0.3) is 0 Å². The van der Waals surface area contributed by atoms with E-state index in [1.165, 1.54) is 0 Å². The van der Waals surface area contributed by atoms with Gasteiger partial charge in [0, 0.05) is 37.3 Å². The summed E-state index contributed by atoms with van der Waals surface area (Å²) in [4.78, 5) is 11.4. The summed E-state index contributed by atoms with van der Waals surface area (Å²) in [6, 6.07) is 0. The minimum Gasteiger partial charge on any atom is -0.356 e. The fraction of sp³-hybridized carbons (Fsp3) is 0.786. The molecule has 1 heterocycles. The number of carbonyl (C=O) groups excluding carboxylic acids is 1. The van der Waals surface area contributed by atoms with E-state index >= 15 is 0 Å². The molecule has 0 fully saturated rings. The van der Waals surface area contributed by atoms with Crippen LogP contribution in [0.5, 0.6) is 0 Å². The Morgan fingerprint density at radius 2 is 2.10 bits per heavy atom. The molecule has 0 unspecified atom stereocenters. The lowest BCUT2D eigenvalue weighted by atomic mass is 10.1. The quantitative estimate of drug-likeness (QED) is 0.740. The van der Waals surface area contributed by atoms with Crippen LogP contribution in [0.25, 0.3) is 0 Å². The van der Waals surface area contributed by atoms with Crippen LogP contribution in [-0.4, -0.2) is 33.0 Å². The zero-order valence-electron chi connectivity index (χ0n) is 13.2. The van der Waals surface area contributed by atoms with E-state index in [9.17, 15) is 4.79 Å². The van der Waals surface area contributed by atoms with Crippen LogP contribution in [0.1, 0.15) is 46.7 Å². The summed E-state index contributed by atoms with van der Waals surface area (Å²) >= 11 is 0. The van der Waals surface area contributed by atoms with Gasteiger partial charge in [-0.3, -0.25) is 9.48 Å². The summed E-state index contributed by atoms with van der Waals surface area (Å²) in [5.41, 5.74) is 1.01. The van der Waals surface area contributed by atoms with Gasteiger partial charge in [-0.1, -0.05) is 19.1 Å². The number of nitrogens with zero attached hydrogens (tertiary/aromatic N) is 3. The van der Waals surface area contributed by atoms with E-state index in [-0.39, 0.29) is 17.4 Å². The standard InChI is InChI=1S/C14H27N5O/c1-11(2)13(20)15-7-6-8-19-10-12(17-18-19)9-16-14(3,4)5/h10-11,16H,6-9H2,1-5H3,(H,15,20). The molecule has 1 aromatic rings. The number of aryl methyl sites for hydroxylation is 1. The maximum Gasteiger partial charge on any atom is 0.222 e. The highest BCUT2D eigenvalue weighted by molar-refractivity contribution is 5.77. The second-order valence-corrected chi connectivity index (χ2v) is 6.38. The van der Waals surface area contributed by atoms with Crippen molar-refractivity contribution in [2.45, 2.75) is 59.7 Å². The van der Waals surface area contributed by atoms with Crippen LogP contribution in [0, 0.1) is 5.92 Å². The molecule has 0 aromatic carbocycles. The molecular formula is C14H27N5O. The van der Waals surface area contributed by atoms with Gasteiger partial charge in [-0.15, -0.1) is 5.10 Å². The van der Waals surface area contributed by atoms with Gasteiger partial charge in [0.1, 0.15) is 0 Å². The molecule has 0 aliphatic heterocycles. The molecule has 1 aromatic heterocycles. The highest BCUT2D eigenvalue weighted by Crippen LogP contribution is 2.02.